The smallest absolute Gasteiger partial charge is 0.237 e. The average molecular weight is 320 g/mol. The Morgan fingerprint density at radius 2 is 1.65 bits per heavy atom. The van der Waals surface area contributed by atoms with Crippen LogP contribution in [0.3, 0.4) is 0 Å². The van der Waals surface area contributed by atoms with Crippen LogP contribution in [0.15, 0.2) is 40.6 Å². The molecule has 0 fully saturated rings. The third-order valence-corrected chi connectivity index (χ3v) is 3.47. The molecule has 0 saturated carbocycles. The molecule has 7 heteroatoms. The van der Waals surface area contributed by atoms with Gasteiger partial charge in [0, 0.05) is 20.1 Å². The van der Waals surface area contributed by atoms with E-state index in [0.717, 1.165) is 5.56 Å². The van der Waals surface area contributed by atoms with Crippen LogP contribution in [0, 0.1) is 0 Å². The molecule has 0 unspecified atom stereocenters. The van der Waals surface area contributed by atoms with Gasteiger partial charge < -0.3 is 15.7 Å². The highest BCUT2D eigenvalue weighted by Crippen LogP contribution is 2.10. The molecule has 1 amide bonds. The predicted octanol–water partition coefficient (Wildman–Crippen LogP) is 1.35. The van der Waals surface area contributed by atoms with Gasteiger partial charge in [-0.3, -0.25) is 9.69 Å². The maximum atomic E-state index is 12.3. The second-order valence-corrected chi connectivity index (χ2v) is 5.40. The van der Waals surface area contributed by atoms with Crippen LogP contribution in [0.2, 0.25) is 0 Å². The lowest BCUT2D eigenvalue weighted by molar-refractivity contribution is -0.125. The third kappa shape index (κ3) is 6.07. The molecule has 0 aliphatic heterocycles. The average Bonchev–Trinajstić information content (AvgIpc) is 2.58. The van der Waals surface area contributed by atoms with Gasteiger partial charge in [0.1, 0.15) is 0 Å². The maximum absolute atomic E-state index is 12.3. The van der Waals surface area contributed by atoms with Gasteiger partial charge in [0.05, 0.1) is 17.5 Å². The standard InChI is InChI=1S/C16H24N4O3/c1-12(18-22)10-20(11-13(2)19-23)15(16(21)17-3)9-14-7-5-4-6-8-14/h4-8,15,22-23H,9-11H2,1-3H3,(H,17,21)/b18-12+,19-13+/t15-/m0/s1. The number of hydrogen-bond donors (Lipinski definition) is 3. The Morgan fingerprint density at radius 1 is 1.13 bits per heavy atom. The van der Waals surface area contributed by atoms with Crippen LogP contribution in [0.25, 0.3) is 0 Å². The SMILES string of the molecule is CNC(=O)[C@H](Cc1ccccc1)N(C/C(C)=N/O)C/C(C)=N/O. The summed E-state index contributed by atoms with van der Waals surface area (Å²) in [5.41, 5.74) is 1.96. The summed E-state index contributed by atoms with van der Waals surface area (Å²) in [6, 6.07) is 9.18. The fourth-order valence-corrected chi connectivity index (χ4v) is 2.32. The van der Waals surface area contributed by atoms with E-state index in [1.165, 1.54) is 0 Å². The number of likely N-dealkylation sites (N-methyl/N-ethyl adjacent to an activating group) is 1. The summed E-state index contributed by atoms with van der Waals surface area (Å²) in [7, 11) is 1.58. The lowest BCUT2D eigenvalue weighted by atomic mass is 10.0. The van der Waals surface area contributed by atoms with Crippen molar-refractivity contribution >= 4 is 17.3 Å². The molecule has 0 aromatic heterocycles. The van der Waals surface area contributed by atoms with E-state index in [1.807, 2.05) is 35.2 Å². The van der Waals surface area contributed by atoms with E-state index < -0.39 is 6.04 Å². The number of carbonyl (C=O) groups excluding carboxylic acids is 1. The van der Waals surface area contributed by atoms with Crippen molar-refractivity contribution in [1.82, 2.24) is 10.2 Å². The van der Waals surface area contributed by atoms with E-state index in [-0.39, 0.29) is 19.0 Å². The van der Waals surface area contributed by atoms with Gasteiger partial charge in [-0.1, -0.05) is 40.6 Å². The number of benzene rings is 1. The Hall–Kier alpha value is -2.41. The summed E-state index contributed by atoms with van der Waals surface area (Å²) >= 11 is 0. The number of hydrogen-bond acceptors (Lipinski definition) is 6. The Morgan fingerprint density at radius 3 is 2.09 bits per heavy atom. The number of amides is 1. The molecule has 1 aromatic rings. The van der Waals surface area contributed by atoms with Crippen molar-refractivity contribution in [3.05, 3.63) is 35.9 Å². The molecule has 0 aliphatic carbocycles. The van der Waals surface area contributed by atoms with Crippen LogP contribution in [0.5, 0.6) is 0 Å². The fourth-order valence-electron chi connectivity index (χ4n) is 2.32. The highest BCUT2D eigenvalue weighted by molar-refractivity contribution is 5.88. The molecule has 23 heavy (non-hydrogen) atoms. The van der Waals surface area contributed by atoms with Crippen LogP contribution in [0.4, 0.5) is 0 Å². The van der Waals surface area contributed by atoms with E-state index in [0.29, 0.717) is 17.8 Å². The van der Waals surface area contributed by atoms with E-state index in [9.17, 15) is 4.79 Å². The van der Waals surface area contributed by atoms with E-state index >= 15 is 0 Å². The molecule has 1 aromatic carbocycles. The zero-order valence-corrected chi connectivity index (χ0v) is 13.7. The number of nitrogens with one attached hydrogen (secondary N) is 1. The topological polar surface area (TPSA) is 97.5 Å². The Labute approximate surface area is 136 Å². The number of oxime groups is 2. The van der Waals surface area contributed by atoms with Crippen LogP contribution >= 0.6 is 0 Å². The lowest BCUT2D eigenvalue weighted by Gasteiger charge is -2.30. The molecule has 0 bridgehead atoms. The van der Waals surface area contributed by atoms with Gasteiger partial charge in [0.15, 0.2) is 0 Å². The summed E-state index contributed by atoms with van der Waals surface area (Å²) in [5, 5.41) is 26.9. The molecular formula is C16H24N4O3. The van der Waals surface area contributed by atoms with Crippen molar-refractivity contribution in [1.29, 1.82) is 0 Å². The first-order valence-electron chi connectivity index (χ1n) is 7.36. The molecule has 0 heterocycles. The molecule has 1 rings (SSSR count). The minimum Gasteiger partial charge on any atom is -0.411 e. The Kier molecular flexibility index (Phi) is 7.76. The van der Waals surface area contributed by atoms with Crippen molar-refractivity contribution < 1.29 is 15.2 Å². The number of nitrogens with zero attached hydrogens (tertiary/aromatic N) is 3. The second-order valence-electron chi connectivity index (χ2n) is 5.40. The summed E-state index contributed by atoms with van der Waals surface area (Å²) < 4.78 is 0. The summed E-state index contributed by atoms with van der Waals surface area (Å²) in [4.78, 5) is 14.2. The van der Waals surface area contributed by atoms with E-state index in [1.54, 1.807) is 20.9 Å². The highest BCUT2D eigenvalue weighted by atomic mass is 16.4. The largest absolute Gasteiger partial charge is 0.411 e. The van der Waals surface area contributed by atoms with Crippen LogP contribution in [-0.2, 0) is 11.2 Å². The predicted molar refractivity (Wildman–Crippen MR) is 89.4 cm³/mol. The molecule has 0 spiro atoms. The van der Waals surface area contributed by atoms with Crippen molar-refractivity contribution in [2.24, 2.45) is 10.3 Å². The van der Waals surface area contributed by atoms with Gasteiger partial charge in [-0.05, 0) is 25.8 Å². The van der Waals surface area contributed by atoms with Crippen molar-refractivity contribution in [3.8, 4) is 0 Å². The lowest BCUT2D eigenvalue weighted by Crippen LogP contribution is -2.50. The fraction of sp³-hybridized carbons (Fsp3) is 0.438. The van der Waals surface area contributed by atoms with Gasteiger partial charge in [0.25, 0.3) is 0 Å². The van der Waals surface area contributed by atoms with E-state index in [4.69, 9.17) is 10.4 Å². The Bertz CT molecular complexity index is 538. The molecule has 3 N–H and O–H groups in total. The van der Waals surface area contributed by atoms with Gasteiger partial charge >= 0.3 is 0 Å². The minimum atomic E-state index is -0.476. The summed E-state index contributed by atoms with van der Waals surface area (Å²) in [5.74, 6) is -0.148. The zero-order chi connectivity index (χ0) is 17.2. The van der Waals surface area contributed by atoms with Gasteiger partial charge in [-0.25, -0.2) is 0 Å². The first-order valence-corrected chi connectivity index (χ1v) is 7.36. The number of carbonyl (C=O) groups is 1. The minimum absolute atomic E-state index is 0.148. The third-order valence-electron chi connectivity index (χ3n) is 3.47. The van der Waals surface area contributed by atoms with Gasteiger partial charge in [0.2, 0.25) is 5.91 Å². The van der Waals surface area contributed by atoms with Crippen LogP contribution in [0.1, 0.15) is 19.4 Å². The van der Waals surface area contributed by atoms with Gasteiger partial charge in [-0.2, -0.15) is 0 Å². The van der Waals surface area contributed by atoms with Crippen molar-refractivity contribution in [3.63, 3.8) is 0 Å². The van der Waals surface area contributed by atoms with Crippen LogP contribution in [-0.4, -0.2) is 58.8 Å². The van der Waals surface area contributed by atoms with Gasteiger partial charge in [-0.15, -0.1) is 0 Å². The van der Waals surface area contributed by atoms with Crippen molar-refractivity contribution in [2.45, 2.75) is 26.3 Å². The number of rotatable bonds is 8. The molecule has 0 radical (unpaired) electrons. The van der Waals surface area contributed by atoms with Crippen LogP contribution < -0.4 is 5.32 Å². The molecule has 126 valence electrons. The molecule has 0 aliphatic rings. The Balaban J connectivity index is 3.06. The molecule has 7 nitrogen and oxygen atoms in total. The second kappa shape index (κ2) is 9.58. The summed E-state index contributed by atoms with van der Waals surface area (Å²) in [6.07, 6.45) is 0.498. The zero-order valence-electron chi connectivity index (χ0n) is 13.7. The van der Waals surface area contributed by atoms with Crippen molar-refractivity contribution in [2.75, 3.05) is 20.1 Å². The monoisotopic (exact) mass is 320 g/mol. The normalized spacial score (nSPS) is 13.9. The first kappa shape index (κ1) is 18.6. The molecular weight excluding hydrogens is 296 g/mol. The summed E-state index contributed by atoms with van der Waals surface area (Å²) in [6.45, 7) is 3.91. The maximum Gasteiger partial charge on any atom is 0.237 e. The molecule has 1 atom stereocenters. The first-order chi connectivity index (χ1) is 11.0. The highest BCUT2D eigenvalue weighted by Gasteiger charge is 2.26. The quantitative estimate of drug-likeness (QED) is 0.382. The van der Waals surface area contributed by atoms with E-state index in [2.05, 4.69) is 15.6 Å². The molecule has 0 saturated heterocycles.